The average molecular weight is 245 g/mol. The maximum absolute atomic E-state index is 13.0. The highest BCUT2D eigenvalue weighted by Crippen LogP contribution is 2.21. The van der Waals surface area contributed by atoms with E-state index in [1.807, 2.05) is 6.92 Å². The zero-order valence-corrected chi connectivity index (χ0v) is 9.96. The van der Waals surface area contributed by atoms with Crippen LogP contribution in [-0.4, -0.2) is 25.4 Å². The van der Waals surface area contributed by atoms with E-state index in [0.29, 0.717) is 31.2 Å². The van der Waals surface area contributed by atoms with E-state index in [1.54, 1.807) is 7.11 Å². The van der Waals surface area contributed by atoms with Crippen LogP contribution in [0, 0.1) is 17.6 Å². The molecule has 0 aliphatic carbocycles. The highest BCUT2D eigenvalue weighted by molar-refractivity contribution is 5.29. The normalized spacial score (nSPS) is 12.7. The number of nitrogens with one attached hydrogen (secondary N) is 1. The van der Waals surface area contributed by atoms with E-state index in [-0.39, 0.29) is 0 Å². The maximum Gasteiger partial charge on any atom is 0.187 e. The Labute approximate surface area is 99.4 Å². The first kappa shape index (κ1) is 13.9. The summed E-state index contributed by atoms with van der Waals surface area (Å²) in [5.41, 5.74) is 0.461. The summed E-state index contributed by atoms with van der Waals surface area (Å²) < 4.78 is 31.0. The molecule has 1 rings (SSSR count). The number of rotatable bonds is 6. The Balaban J connectivity index is 2.47. The Hall–Kier alpha value is -1.20. The van der Waals surface area contributed by atoms with Gasteiger partial charge >= 0.3 is 0 Å². The van der Waals surface area contributed by atoms with Crippen molar-refractivity contribution < 1.29 is 18.6 Å². The van der Waals surface area contributed by atoms with Crippen molar-refractivity contribution in [1.29, 1.82) is 0 Å². The second-order valence-corrected chi connectivity index (χ2v) is 4.10. The molecule has 0 bridgehead atoms. The van der Waals surface area contributed by atoms with E-state index in [1.165, 1.54) is 0 Å². The molecule has 0 radical (unpaired) electrons. The van der Waals surface area contributed by atoms with Crippen molar-refractivity contribution in [3.05, 3.63) is 29.3 Å². The van der Waals surface area contributed by atoms with Crippen molar-refractivity contribution in [2.45, 2.75) is 13.5 Å². The van der Waals surface area contributed by atoms with Crippen LogP contribution in [0.15, 0.2) is 12.1 Å². The highest BCUT2D eigenvalue weighted by Gasteiger charge is 2.09. The first-order chi connectivity index (χ1) is 8.04. The van der Waals surface area contributed by atoms with Gasteiger partial charge in [0.1, 0.15) is 0 Å². The Bertz CT molecular complexity index is 349. The third-order valence-electron chi connectivity index (χ3n) is 2.35. The number of ether oxygens (including phenoxy) is 1. The molecule has 1 aromatic rings. The van der Waals surface area contributed by atoms with Gasteiger partial charge in [0.2, 0.25) is 0 Å². The molecule has 0 aliphatic rings. The number of benzene rings is 1. The molecular weight excluding hydrogens is 228 g/mol. The summed E-state index contributed by atoms with van der Waals surface area (Å²) >= 11 is 0. The minimum Gasteiger partial charge on any atom is -0.503 e. The first-order valence-corrected chi connectivity index (χ1v) is 5.41. The molecule has 0 aromatic heterocycles. The number of phenolic OH excluding ortho intramolecular Hbond substituents is 1. The summed E-state index contributed by atoms with van der Waals surface area (Å²) in [5.74, 6) is -2.48. The molecule has 0 heterocycles. The molecule has 3 nitrogen and oxygen atoms in total. The SMILES string of the molecule is COCC(C)CNCc1cc(F)c(O)c(F)c1. The van der Waals surface area contributed by atoms with Gasteiger partial charge in [-0.25, -0.2) is 8.78 Å². The van der Waals surface area contributed by atoms with Crippen LogP contribution in [0.2, 0.25) is 0 Å². The van der Waals surface area contributed by atoms with Gasteiger partial charge in [-0.05, 0) is 23.6 Å². The fourth-order valence-electron chi connectivity index (χ4n) is 1.53. The third kappa shape index (κ3) is 4.28. The summed E-state index contributed by atoms with van der Waals surface area (Å²) in [6, 6.07) is 2.23. The van der Waals surface area contributed by atoms with Crippen LogP contribution >= 0.6 is 0 Å². The van der Waals surface area contributed by atoms with Gasteiger partial charge in [-0.2, -0.15) is 0 Å². The summed E-state index contributed by atoms with van der Waals surface area (Å²) in [7, 11) is 1.63. The standard InChI is InChI=1S/C12H17F2NO2/c1-8(7-17-2)5-15-6-9-3-10(13)12(16)11(14)4-9/h3-4,8,15-16H,5-7H2,1-2H3. The second kappa shape index (κ2) is 6.51. The van der Waals surface area contributed by atoms with Gasteiger partial charge in [-0.1, -0.05) is 6.92 Å². The Morgan fingerprint density at radius 2 is 1.94 bits per heavy atom. The maximum atomic E-state index is 13.0. The van der Waals surface area contributed by atoms with E-state index >= 15 is 0 Å². The summed E-state index contributed by atoms with van der Waals surface area (Å²) in [6.07, 6.45) is 0. The summed E-state index contributed by atoms with van der Waals surface area (Å²) in [5, 5.41) is 12.0. The number of halogens is 2. The molecule has 2 N–H and O–H groups in total. The molecule has 0 aliphatic heterocycles. The van der Waals surface area contributed by atoms with Gasteiger partial charge in [0.05, 0.1) is 0 Å². The van der Waals surface area contributed by atoms with Crippen molar-refractivity contribution in [2.75, 3.05) is 20.3 Å². The van der Waals surface area contributed by atoms with Crippen molar-refractivity contribution >= 4 is 0 Å². The molecule has 0 saturated heterocycles. The molecule has 1 unspecified atom stereocenters. The van der Waals surface area contributed by atoms with Gasteiger partial charge in [0, 0.05) is 26.8 Å². The molecule has 5 heteroatoms. The molecule has 0 amide bonds. The van der Waals surface area contributed by atoms with Crippen LogP contribution < -0.4 is 5.32 Å². The van der Waals surface area contributed by atoms with Gasteiger partial charge < -0.3 is 15.2 Å². The van der Waals surface area contributed by atoms with E-state index in [2.05, 4.69) is 5.32 Å². The molecule has 1 atom stereocenters. The van der Waals surface area contributed by atoms with E-state index in [9.17, 15) is 8.78 Å². The van der Waals surface area contributed by atoms with Crippen LogP contribution in [0.3, 0.4) is 0 Å². The highest BCUT2D eigenvalue weighted by atomic mass is 19.1. The summed E-state index contributed by atoms with van der Waals surface area (Å²) in [4.78, 5) is 0. The van der Waals surface area contributed by atoms with Crippen molar-refractivity contribution in [1.82, 2.24) is 5.32 Å². The van der Waals surface area contributed by atoms with Crippen LogP contribution in [0.4, 0.5) is 8.78 Å². The Morgan fingerprint density at radius 1 is 1.35 bits per heavy atom. The smallest absolute Gasteiger partial charge is 0.187 e. The number of aromatic hydroxyl groups is 1. The minimum atomic E-state index is -0.938. The zero-order chi connectivity index (χ0) is 12.8. The predicted molar refractivity (Wildman–Crippen MR) is 60.8 cm³/mol. The second-order valence-electron chi connectivity index (χ2n) is 4.10. The van der Waals surface area contributed by atoms with E-state index in [0.717, 1.165) is 12.1 Å². The Morgan fingerprint density at radius 3 is 2.47 bits per heavy atom. The fraction of sp³-hybridized carbons (Fsp3) is 0.500. The molecule has 0 saturated carbocycles. The van der Waals surface area contributed by atoms with E-state index in [4.69, 9.17) is 9.84 Å². The lowest BCUT2D eigenvalue weighted by Crippen LogP contribution is -2.23. The van der Waals surface area contributed by atoms with Crippen LogP contribution in [0.1, 0.15) is 12.5 Å². The van der Waals surface area contributed by atoms with Crippen LogP contribution in [0.5, 0.6) is 5.75 Å². The minimum absolute atomic E-state index is 0.326. The number of hydrogen-bond donors (Lipinski definition) is 2. The largest absolute Gasteiger partial charge is 0.503 e. The number of hydrogen-bond acceptors (Lipinski definition) is 3. The average Bonchev–Trinajstić information content (AvgIpc) is 2.26. The lowest BCUT2D eigenvalue weighted by Gasteiger charge is -2.11. The molecule has 96 valence electrons. The van der Waals surface area contributed by atoms with Gasteiger partial charge in [0.25, 0.3) is 0 Å². The van der Waals surface area contributed by atoms with Crippen LogP contribution in [0.25, 0.3) is 0 Å². The van der Waals surface area contributed by atoms with Gasteiger partial charge in [-0.3, -0.25) is 0 Å². The van der Waals surface area contributed by atoms with Gasteiger partial charge in [-0.15, -0.1) is 0 Å². The van der Waals surface area contributed by atoms with E-state index < -0.39 is 17.4 Å². The molecule has 17 heavy (non-hydrogen) atoms. The van der Waals surface area contributed by atoms with Crippen molar-refractivity contribution in [3.8, 4) is 5.75 Å². The lowest BCUT2D eigenvalue weighted by atomic mass is 10.1. The summed E-state index contributed by atoms with van der Waals surface area (Å²) in [6.45, 7) is 3.68. The van der Waals surface area contributed by atoms with Crippen molar-refractivity contribution in [3.63, 3.8) is 0 Å². The fourth-order valence-corrected chi connectivity index (χ4v) is 1.53. The van der Waals surface area contributed by atoms with Gasteiger partial charge in [0.15, 0.2) is 17.4 Å². The monoisotopic (exact) mass is 245 g/mol. The Kier molecular flexibility index (Phi) is 5.31. The first-order valence-electron chi connectivity index (χ1n) is 5.41. The topological polar surface area (TPSA) is 41.5 Å². The zero-order valence-electron chi connectivity index (χ0n) is 9.96. The third-order valence-corrected chi connectivity index (χ3v) is 2.35. The molecule has 0 fully saturated rings. The van der Waals surface area contributed by atoms with Crippen LogP contribution in [-0.2, 0) is 11.3 Å². The molecule has 1 aromatic carbocycles. The number of phenols is 1. The predicted octanol–water partition coefficient (Wildman–Crippen LogP) is 2.04. The van der Waals surface area contributed by atoms with Crippen molar-refractivity contribution in [2.24, 2.45) is 5.92 Å². The number of methoxy groups -OCH3 is 1. The quantitative estimate of drug-likeness (QED) is 0.806. The molecular formula is C12H17F2NO2. The molecule has 0 spiro atoms. The lowest BCUT2D eigenvalue weighted by molar-refractivity contribution is 0.158.